The number of aliphatic carboxylic acids is 1. The van der Waals surface area contributed by atoms with Gasteiger partial charge < -0.3 is 28.5 Å². The van der Waals surface area contributed by atoms with E-state index < -0.39 is 10.9 Å². The molecule has 0 bridgehead atoms. The molecule has 41 heavy (non-hydrogen) atoms. The van der Waals surface area contributed by atoms with Crippen LogP contribution in [0.2, 0.25) is 0 Å². The lowest BCUT2D eigenvalue weighted by atomic mass is 10.2. The quantitative estimate of drug-likeness (QED) is 0.0872. The van der Waals surface area contributed by atoms with Gasteiger partial charge >= 0.3 is 5.97 Å². The molecular formula is C28H25N3O9S. The van der Waals surface area contributed by atoms with Gasteiger partial charge in [-0.05, 0) is 72.3 Å². The summed E-state index contributed by atoms with van der Waals surface area (Å²) in [6.07, 6.45) is 1.45. The van der Waals surface area contributed by atoms with Gasteiger partial charge in [0.1, 0.15) is 23.0 Å². The number of aromatic nitrogens is 2. The molecule has 0 saturated carbocycles. The van der Waals surface area contributed by atoms with E-state index in [0.29, 0.717) is 40.7 Å². The lowest BCUT2D eigenvalue weighted by Gasteiger charge is -2.13. The van der Waals surface area contributed by atoms with Gasteiger partial charge in [0.05, 0.1) is 25.7 Å². The molecule has 0 unspecified atom stereocenters. The predicted molar refractivity (Wildman–Crippen MR) is 149 cm³/mol. The number of nitro groups is 1. The summed E-state index contributed by atoms with van der Waals surface area (Å²) < 4.78 is 27.8. The van der Waals surface area contributed by atoms with Gasteiger partial charge in [0.15, 0.2) is 11.5 Å². The minimum Gasteiger partial charge on any atom is -0.497 e. The van der Waals surface area contributed by atoms with Crippen LogP contribution in [0.1, 0.15) is 18.1 Å². The van der Waals surface area contributed by atoms with Crippen LogP contribution in [0.4, 0.5) is 5.69 Å². The van der Waals surface area contributed by atoms with Gasteiger partial charge in [0, 0.05) is 23.8 Å². The highest BCUT2D eigenvalue weighted by Crippen LogP contribution is 2.35. The standard InChI is InChI=1S/C28H25N3O9S/c1-4-38-24-11-18(7-10-23(24)39-16-17-5-8-20(9-6-17)31(34)35)12-25(27(32)33)41-28-30-29-26(40-28)19-13-21(36-2)15-22(14-19)37-3/h5-15H,4,16H2,1-3H3,(H,32,33)/b25-12-. The third-order valence-corrected chi connectivity index (χ3v) is 6.37. The molecule has 0 spiro atoms. The molecule has 13 heteroatoms. The van der Waals surface area contributed by atoms with Crippen molar-refractivity contribution in [1.82, 2.24) is 10.2 Å². The highest BCUT2D eigenvalue weighted by molar-refractivity contribution is 8.03. The van der Waals surface area contributed by atoms with Crippen molar-refractivity contribution in [2.24, 2.45) is 0 Å². The van der Waals surface area contributed by atoms with Gasteiger partial charge in [-0.1, -0.05) is 6.07 Å². The molecular weight excluding hydrogens is 554 g/mol. The van der Waals surface area contributed by atoms with E-state index >= 15 is 0 Å². The van der Waals surface area contributed by atoms with Crippen molar-refractivity contribution in [1.29, 1.82) is 0 Å². The smallest absolute Gasteiger partial charge is 0.342 e. The Morgan fingerprint density at radius 1 is 1.00 bits per heavy atom. The first-order chi connectivity index (χ1) is 19.8. The van der Waals surface area contributed by atoms with Gasteiger partial charge in [-0.3, -0.25) is 10.1 Å². The van der Waals surface area contributed by atoms with Crippen molar-refractivity contribution >= 4 is 29.5 Å². The number of methoxy groups -OCH3 is 2. The average Bonchev–Trinajstić information content (AvgIpc) is 3.45. The molecule has 12 nitrogen and oxygen atoms in total. The molecule has 0 radical (unpaired) electrons. The summed E-state index contributed by atoms with van der Waals surface area (Å²) in [7, 11) is 3.04. The minimum atomic E-state index is -1.19. The number of hydrogen-bond donors (Lipinski definition) is 1. The molecule has 0 atom stereocenters. The van der Waals surface area contributed by atoms with E-state index in [-0.39, 0.29) is 28.3 Å². The number of hydrogen-bond acceptors (Lipinski definition) is 11. The first kappa shape index (κ1) is 29.0. The molecule has 0 aliphatic heterocycles. The van der Waals surface area contributed by atoms with E-state index in [4.69, 9.17) is 23.4 Å². The fraction of sp³-hybridized carbons (Fsp3) is 0.179. The normalized spacial score (nSPS) is 11.1. The fourth-order valence-corrected chi connectivity index (χ4v) is 4.23. The molecule has 3 aromatic carbocycles. The maximum absolute atomic E-state index is 12.0. The number of carboxylic acid groups (broad SMARTS) is 1. The zero-order valence-corrected chi connectivity index (χ0v) is 23.0. The monoisotopic (exact) mass is 579 g/mol. The Labute approximate surface area is 238 Å². The Balaban J connectivity index is 1.52. The number of non-ortho nitro benzene ring substituents is 1. The lowest BCUT2D eigenvalue weighted by molar-refractivity contribution is -0.384. The summed E-state index contributed by atoms with van der Waals surface area (Å²) in [5.74, 6) is 0.884. The summed E-state index contributed by atoms with van der Waals surface area (Å²) in [5.41, 5.74) is 1.81. The number of benzene rings is 3. The van der Waals surface area contributed by atoms with Crippen molar-refractivity contribution in [3.05, 3.63) is 86.8 Å². The van der Waals surface area contributed by atoms with Crippen LogP contribution in [0.15, 0.2) is 75.2 Å². The Kier molecular flexibility index (Phi) is 9.43. The molecule has 0 saturated heterocycles. The van der Waals surface area contributed by atoms with Crippen molar-refractivity contribution in [2.45, 2.75) is 18.8 Å². The van der Waals surface area contributed by atoms with Crippen molar-refractivity contribution in [2.75, 3.05) is 20.8 Å². The number of rotatable bonds is 13. The fourth-order valence-electron chi connectivity index (χ4n) is 3.56. The maximum Gasteiger partial charge on any atom is 0.342 e. The average molecular weight is 580 g/mol. The van der Waals surface area contributed by atoms with Crippen LogP contribution in [0.25, 0.3) is 17.5 Å². The molecule has 0 amide bonds. The van der Waals surface area contributed by atoms with Gasteiger partial charge in [0.25, 0.3) is 10.9 Å². The third kappa shape index (κ3) is 7.54. The van der Waals surface area contributed by atoms with E-state index in [2.05, 4.69) is 10.2 Å². The van der Waals surface area contributed by atoms with Gasteiger partial charge in [-0.2, -0.15) is 0 Å². The Hall–Kier alpha value is -5.04. The molecule has 0 fully saturated rings. The molecule has 0 aliphatic rings. The number of nitro benzene ring substituents is 1. The highest BCUT2D eigenvalue weighted by atomic mass is 32.2. The van der Waals surface area contributed by atoms with Crippen molar-refractivity contribution in [3.63, 3.8) is 0 Å². The topological polar surface area (TPSA) is 156 Å². The zero-order valence-electron chi connectivity index (χ0n) is 22.2. The summed E-state index contributed by atoms with van der Waals surface area (Å²) in [5, 5.41) is 28.7. The van der Waals surface area contributed by atoms with E-state index in [0.717, 1.165) is 17.3 Å². The van der Waals surface area contributed by atoms with Crippen LogP contribution in [-0.4, -0.2) is 47.0 Å². The van der Waals surface area contributed by atoms with Crippen molar-refractivity contribution < 1.29 is 38.2 Å². The number of carbonyl (C=O) groups is 1. The Bertz CT molecular complexity index is 1550. The van der Waals surface area contributed by atoms with Crippen LogP contribution in [0, 0.1) is 10.1 Å². The van der Waals surface area contributed by atoms with Gasteiger partial charge in [-0.25, -0.2) is 4.79 Å². The molecule has 0 aliphatic carbocycles. The molecule has 4 aromatic rings. The van der Waals surface area contributed by atoms with Gasteiger partial charge in [-0.15, -0.1) is 10.2 Å². The molecule has 4 rings (SSSR count). The molecule has 212 valence electrons. The lowest BCUT2D eigenvalue weighted by Crippen LogP contribution is -2.01. The van der Waals surface area contributed by atoms with Crippen LogP contribution < -0.4 is 18.9 Å². The van der Waals surface area contributed by atoms with Crippen LogP contribution in [0.5, 0.6) is 23.0 Å². The summed E-state index contributed by atoms with van der Waals surface area (Å²) in [6, 6.07) is 16.1. The summed E-state index contributed by atoms with van der Waals surface area (Å²) in [4.78, 5) is 22.4. The third-order valence-electron chi connectivity index (χ3n) is 5.52. The van der Waals surface area contributed by atoms with Crippen LogP contribution >= 0.6 is 11.8 Å². The number of thioether (sulfide) groups is 1. The van der Waals surface area contributed by atoms with Crippen LogP contribution in [0.3, 0.4) is 0 Å². The first-order valence-corrected chi connectivity index (χ1v) is 12.9. The van der Waals surface area contributed by atoms with E-state index in [1.165, 1.54) is 32.4 Å². The Morgan fingerprint density at radius 3 is 2.32 bits per heavy atom. The van der Waals surface area contributed by atoms with Crippen molar-refractivity contribution in [3.8, 4) is 34.5 Å². The Morgan fingerprint density at radius 2 is 1.71 bits per heavy atom. The highest BCUT2D eigenvalue weighted by Gasteiger charge is 2.18. The molecule has 1 heterocycles. The number of nitrogens with zero attached hydrogens (tertiary/aromatic N) is 3. The van der Waals surface area contributed by atoms with Gasteiger partial charge in [0.2, 0.25) is 5.89 Å². The maximum atomic E-state index is 12.0. The molecule has 1 aromatic heterocycles. The minimum absolute atomic E-state index is 0.00993. The second kappa shape index (κ2) is 13.3. The largest absolute Gasteiger partial charge is 0.497 e. The number of ether oxygens (including phenoxy) is 4. The van der Waals surface area contributed by atoms with E-state index in [1.54, 1.807) is 48.5 Å². The molecule has 1 N–H and O–H groups in total. The predicted octanol–water partition coefficient (Wildman–Crippen LogP) is 5.86. The SMILES string of the molecule is CCOc1cc(/C=C(\Sc2nnc(-c3cc(OC)cc(OC)c3)o2)C(=O)O)ccc1OCc1ccc([N+](=O)[O-])cc1. The summed E-state index contributed by atoms with van der Waals surface area (Å²) in [6.45, 7) is 2.32. The zero-order chi connectivity index (χ0) is 29.4. The first-order valence-electron chi connectivity index (χ1n) is 12.1. The second-order valence-electron chi connectivity index (χ2n) is 8.24. The van der Waals surface area contributed by atoms with E-state index in [1.807, 2.05) is 6.92 Å². The number of carboxylic acids is 1. The summed E-state index contributed by atoms with van der Waals surface area (Å²) >= 11 is 0.800. The second-order valence-corrected chi connectivity index (χ2v) is 9.23. The van der Waals surface area contributed by atoms with Crippen LogP contribution in [-0.2, 0) is 11.4 Å². The van der Waals surface area contributed by atoms with E-state index in [9.17, 15) is 20.0 Å².